The van der Waals surface area contributed by atoms with E-state index in [1.807, 2.05) is 0 Å². The average Bonchev–Trinajstić information content (AvgIpc) is 2.55. The van der Waals surface area contributed by atoms with Crippen LogP contribution in [0.15, 0.2) is 24.3 Å². The van der Waals surface area contributed by atoms with Gasteiger partial charge in [0.05, 0.1) is 5.69 Å². The molecular weight excluding hydrogens is 291 g/mol. The van der Waals surface area contributed by atoms with E-state index in [0.717, 1.165) is 4.90 Å². The Balaban J connectivity index is 1.97. The lowest BCUT2D eigenvalue weighted by atomic mass is 9.96. The van der Waals surface area contributed by atoms with Crippen LogP contribution in [-0.2, 0) is 9.53 Å². The van der Waals surface area contributed by atoms with Gasteiger partial charge in [-0.2, -0.15) is 0 Å². The van der Waals surface area contributed by atoms with E-state index in [0.29, 0.717) is 0 Å². The molecule has 1 aliphatic heterocycles. The van der Waals surface area contributed by atoms with Gasteiger partial charge in [-0.05, 0) is 32.9 Å². The van der Waals surface area contributed by atoms with Crippen molar-refractivity contribution in [3.8, 4) is 0 Å². The van der Waals surface area contributed by atoms with Gasteiger partial charge >= 0.3 is 6.09 Å². The molecule has 0 saturated carbocycles. The molecule has 1 saturated heterocycles. The number of ether oxygens (including phenoxy) is 1. The van der Waals surface area contributed by atoms with Gasteiger partial charge in [0.25, 0.3) is 0 Å². The molecule has 2 rings (SSSR count). The van der Waals surface area contributed by atoms with Crippen LogP contribution < -0.4 is 5.32 Å². The molecule has 2 N–H and O–H groups in total. The van der Waals surface area contributed by atoms with Crippen molar-refractivity contribution < 1.29 is 23.8 Å². The van der Waals surface area contributed by atoms with Crippen molar-refractivity contribution in [1.82, 2.24) is 4.90 Å². The fourth-order valence-corrected chi connectivity index (χ4v) is 2.17. The van der Waals surface area contributed by atoms with Crippen LogP contribution in [0.1, 0.15) is 27.2 Å². The first-order chi connectivity index (χ1) is 10.1. The molecule has 1 heterocycles. The molecule has 6 nitrogen and oxygen atoms in total. The molecule has 0 aromatic heterocycles. The predicted molar refractivity (Wildman–Crippen MR) is 77.5 cm³/mol. The summed E-state index contributed by atoms with van der Waals surface area (Å²) in [4.78, 5) is 24.7. The van der Waals surface area contributed by atoms with E-state index < -0.39 is 29.1 Å². The van der Waals surface area contributed by atoms with Gasteiger partial charge in [0, 0.05) is 13.0 Å². The largest absolute Gasteiger partial charge is 0.438 e. The Kier molecular flexibility index (Phi) is 4.10. The minimum atomic E-state index is -1.53. The van der Waals surface area contributed by atoms with Crippen molar-refractivity contribution in [2.75, 3.05) is 11.9 Å². The van der Waals surface area contributed by atoms with Crippen LogP contribution in [0.4, 0.5) is 14.9 Å². The molecule has 1 atom stereocenters. The van der Waals surface area contributed by atoms with Crippen molar-refractivity contribution >= 4 is 17.7 Å². The van der Waals surface area contributed by atoms with Crippen molar-refractivity contribution in [3.63, 3.8) is 0 Å². The summed E-state index contributed by atoms with van der Waals surface area (Å²) in [6, 6.07) is 5.80. The number of benzene rings is 1. The standard InChI is InChI=1S/C15H19FN2O4/c1-14(2)15(3,21)18(13(20)22-14)9-8-12(19)17-11-7-5-4-6-10(11)16/h4-7,21H,8-9H2,1-3H3,(H,17,19). The Hall–Kier alpha value is -2.15. The predicted octanol–water partition coefficient (Wildman–Crippen LogP) is 2.09. The highest BCUT2D eigenvalue weighted by molar-refractivity contribution is 5.91. The van der Waals surface area contributed by atoms with Gasteiger partial charge < -0.3 is 15.2 Å². The van der Waals surface area contributed by atoms with Crippen LogP contribution in [-0.4, -0.2) is 39.9 Å². The maximum atomic E-state index is 13.4. The average molecular weight is 310 g/mol. The number of nitrogens with one attached hydrogen (secondary N) is 1. The maximum Gasteiger partial charge on any atom is 0.412 e. The Labute approximate surface area is 127 Å². The van der Waals surface area contributed by atoms with E-state index in [1.165, 1.54) is 25.1 Å². The maximum absolute atomic E-state index is 13.4. The number of nitrogens with zero attached hydrogens (tertiary/aromatic N) is 1. The van der Waals surface area contributed by atoms with Crippen LogP contribution in [0, 0.1) is 5.82 Å². The second kappa shape index (κ2) is 5.57. The monoisotopic (exact) mass is 310 g/mol. The molecule has 22 heavy (non-hydrogen) atoms. The molecule has 0 bridgehead atoms. The second-order valence-electron chi connectivity index (χ2n) is 5.83. The van der Waals surface area contributed by atoms with E-state index in [-0.39, 0.29) is 18.7 Å². The number of halogens is 1. The van der Waals surface area contributed by atoms with Crippen LogP contribution in [0.25, 0.3) is 0 Å². The molecule has 1 unspecified atom stereocenters. The molecule has 1 fully saturated rings. The summed E-state index contributed by atoms with van der Waals surface area (Å²) < 4.78 is 18.5. The van der Waals surface area contributed by atoms with Crippen molar-refractivity contribution in [3.05, 3.63) is 30.1 Å². The Morgan fingerprint density at radius 3 is 2.55 bits per heavy atom. The van der Waals surface area contributed by atoms with Crippen molar-refractivity contribution in [1.29, 1.82) is 0 Å². The van der Waals surface area contributed by atoms with Crippen LogP contribution in [0.3, 0.4) is 0 Å². The summed E-state index contributed by atoms with van der Waals surface area (Å²) in [5, 5.41) is 12.8. The lowest BCUT2D eigenvalue weighted by Gasteiger charge is -2.34. The third kappa shape index (κ3) is 2.89. The molecule has 7 heteroatoms. The van der Waals surface area contributed by atoms with Crippen LogP contribution in [0.5, 0.6) is 0 Å². The lowest BCUT2D eigenvalue weighted by Crippen LogP contribution is -2.54. The molecule has 2 amide bonds. The van der Waals surface area contributed by atoms with Gasteiger partial charge in [0.2, 0.25) is 5.91 Å². The number of para-hydroxylation sites is 1. The molecule has 120 valence electrons. The third-order valence-corrected chi connectivity index (χ3v) is 3.94. The molecular formula is C15H19FN2O4. The SMILES string of the molecule is CC1(C)OC(=O)N(CCC(=O)Nc2ccccc2F)C1(C)O. The van der Waals surface area contributed by atoms with Gasteiger partial charge in [-0.25, -0.2) is 9.18 Å². The number of cyclic esters (lactones) is 1. The topological polar surface area (TPSA) is 78.9 Å². The normalized spacial score (nSPS) is 23.3. The number of hydrogen-bond donors (Lipinski definition) is 2. The molecule has 0 aliphatic carbocycles. The van der Waals surface area contributed by atoms with Gasteiger partial charge in [-0.1, -0.05) is 12.1 Å². The van der Waals surface area contributed by atoms with E-state index >= 15 is 0 Å². The summed E-state index contributed by atoms with van der Waals surface area (Å²) in [7, 11) is 0. The van der Waals surface area contributed by atoms with E-state index in [9.17, 15) is 19.1 Å². The lowest BCUT2D eigenvalue weighted by molar-refractivity contribution is -0.130. The van der Waals surface area contributed by atoms with E-state index in [4.69, 9.17) is 4.74 Å². The molecule has 1 aromatic carbocycles. The molecule has 1 aromatic rings. The highest BCUT2D eigenvalue weighted by Gasteiger charge is 2.56. The van der Waals surface area contributed by atoms with Gasteiger partial charge in [0.1, 0.15) is 5.82 Å². The van der Waals surface area contributed by atoms with Gasteiger partial charge in [-0.3, -0.25) is 9.69 Å². The smallest absolute Gasteiger partial charge is 0.412 e. The van der Waals surface area contributed by atoms with Crippen molar-refractivity contribution in [2.45, 2.75) is 38.5 Å². The zero-order chi connectivity index (χ0) is 16.5. The van der Waals surface area contributed by atoms with Crippen LogP contribution in [0.2, 0.25) is 0 Å². The first kappa shape index (κ1) is 16.2. The Bertz CT molecular complexity index is 601. The summed E-state index contributed by atoms with van der Waals surface area (Å²) in [5.74, 6) is -0.997. The zero-order valence-electron chi connectivity index (χ0n) is 12.7. The van der Waals surface area contributed by atoms with Gasteiger partial charge in [-0.15, -0.1) is 0 Å². The molecule has 1 aliphatic rings. The highest BCUT2D eigenvalue weighted by Crippen LogP contribution is 2.36. The number of carbonyl (C=O) groups is 2. The van der Waals surface area contributed by atoms with E-state index in [2.05, 4.69) is 5.32 Å². The fourth-order valence-electron chi connectivity index (χ4n) is 2.17. The summed E-state index contributed by atoms with van der Waals surface area (Å²) >= 11 is 0. The zero-order valence-corrected chi connectivity index (χ0v) is 12.7. The number of carbonyl (C=O) groups excluding carboxylic acids is 2. The third-order valence-electron chi connectivity index (χ3n) is 3.94. The first-order valence-electron chi connectivity index (χ1n) is 6.92. The van der Waals surface area contributed by atoms with Gasteiger partial charge in [0.15, 0.2) is 11.3 Å². The molecule has 0 radical (unpaired) electrons. The van der Waals surface area contributed by atoms with Crippen LogP contribution >= 0.6 is 0 Å². The number of amides is 2. The first-order valence-corrected chi connectivity index (χ1v) is 6.92. The highest BCUT2D eigenvalue weighted by atomic mass is 19.1. The second-order valence-corrected chi connectivity index (χ2v) is 5.83. The number of anilines is 1. The number of aliphatic hydroxyl groups is 1. The Morgan fingerprint density at radius 1 is 1.36 bits per heavy atom. The summed E-state index contributed by atoms with van der Waals surface area (Å²) in [5.41, 5.74) is -2.53. The summed E-state index contributed by atoms with van der Waals surface area (Å²) in [6.07, 6.45) is -0.774. The van der Waals surface area contributed by atoms with E-state index in [1.54, 1.807) is 19.9 Å². The minimum Gasteiger partial charge on any atom is -0.438 e. The summed E-state index contributed by atoms with van der Waals surface area (Å²) in [6.45, 7) is 4.59. The Morgan fingerprint density at radius 2 is 2.00 bits per heavy atom. The van der Waals surface area contributed by atoms with Crippen molar-refractivity contribution in [2.24, 2.45) is 0 Å². The quantitative estimate of drug-likeness (QED) is 0.892. The molecule has 0 spiro atoms. The fraction of sp³-hybridized carbons (Fsp3) is 0.467. The number of rotatable bonds is 4. The number of hydrogen-bond acceptors (Lipinski definition) is 4. The minimum absolute atomic E-state index is 0.0322.